The van der Waals surface area contributed by atoms with Gasteiger partial charge in [-0.25, -0.2) is 4.98 Å². The summed E-state index contributed by atoms with van der Waals surface area (Å²) in [5.41, 5.74) is 2.22. The SMILES string of the molecule is Cc1cn(-c2ccccc2)c(NC2CC(C)CC(C)C2)n1. The van der Waals surface area contributed by atoms with Gasteiger partial charge in [-0.1, -0.05) is 32.0 Å². The number of imidazole rings is 1. The van der Waals surface area contributed by atoms with E-state index in [9.17, 15) is 0 Å². The molecule has 1 N–H and O–H groups in total. The Hall–Kier alpha value is -1.77. The van der Waals surface area contributed by atoms with Gasteiger partial charge in [-0.05, 0) is 50.2 Å². The predicted octanol–water partition coefficient (Wildman–Crippen LogP) is 4.42. The monoisotopic (exact) mass is 283 g/mol. The first-order valence-corrected chi connectivity index (χ1v) is 7.99. The molecule has 0 spiro atoms. The molecule has 0 saturated heterocycles. The smallest absolute Gasteiger partial charge is 0.207 e. The second-order valence-corrected chi connectivity index (χ2v) is 6.67. The van der Waals surface area contributed by atoms with Crippen molar-refractivity contribution in [2.75, 3.05) is 5.32 Å². The highest BCUT2D eigenvalue weighted by Crippen LogP contribution is 2.30. The van der Waals surface area contributed by atoms with E-state index in [-0.39, 0.29) is 0 Å². The number of nitrogens with zero attached hydrogens (tertiary/aromatic N) is 2. The molecule has 2 unspecified atom stereocenters. The Morgan fingerprint density at radius 1 is 1.05 bits per heavy atom. The highest BCUT2D eigenvalue weighted by atomic mass is 15.2. The summed E-state index contributed by atoms with van der Waals surface area (Å²) in [6.07, 6.45) is 5.94. The van der Waals surface area contributed by atoms with Crippen molar-refractivity contribution in [1.29, 1.82) is 0 Å². The highest BCUT2D eigenvalue weighted by molar-refractivity contribution is 5.43. The second-order valence-electron chi connectivity index (χ2n) is 6.67. The average Bonchev–Trinajstić information content (AvgIpc) is 2.79. The molecule has 1 saturated carbocycles. The van der Waals surface area contributed by atoms with Crippen LogP contribution in [0.15, 0.2) is 36.5 Å². The molecule has 3 heteroatoms. The molecule has 1 aliphatic carbocycles. The fraction of sp³-hybridized carbons (Fsp3) is 0.500. The van der Waals surface area contributed by atoms with Crippen LogP contribution in [0.1, 0.15) is 38.8 Å². The van der Waals surface area contributed by atoms with Gasteiger partial charge in [0.05, 0.1) is 5.69 Å². The molecule has 112 valence electrons. The van der Waals surface area contributed by atoms with Crippen LogP contribution in [0.2, 0.25) is 0 Å². The minimum absolute atomic E-state index is 0.535. The van der Waals surface area contributed by atoms with Crippen molar-refractivity contribution in [2.24, 2.45) is 11.8 Å². The van der Waals surface area contributed by atoms with Gasteiger partial charge in [-0.15, -0.1) is 0 Å². The molecule has 3 nitrogen and oxygen atoms in total. The third-order valence-electron chi connectivity index (χ3n) is 4.37. The maximum Gasteiger partial charge on any atom is 0.207 e. The number of para-hydroxylation sites is 1. The highest BCUT2D eigenvalue weighted by Gasteiger charge is 2.25. The number of hydrogen-bond acceptors (Lipinski definition) is 2. The third kappa shape index (κ3) is 3.29. The second kappa shape index (κ2) is 5.92. The van der Waals surface area contributed by atoms with E-state index >= 15 is 0 Å². The van der Waals surface area contributed by atoms with Crippen LogP contribution in [0.4, 0.5) is 5.95 Å². The van der Waals surface area contributed by atoms with Gasteiger partial charge in [0.15, 0.2) is 0 Å². The summed E-state index contributed by atoms with van der Waals surface area (Å²) >= 11 is 0. The lowest BCUT2D eigenvalue weighted by atomic mass is 9.80. The lowest BCUT2D eigenvalue weighted by Gasteiger charge is -2.32. The molecule has 2 aromatic rings. The van der Waals surface area contributed by atoms with Gasteiger partial charge in [-0.3, -0.25) is 4.57 Å². The molecule has 0 bridgehead atoms. The zero-order valence-electron chi connectivity index (χ0n) is 13.2. The standard InChI is InChI=1S/C18H25N3/c1-13-9-14(2)11-16(10-13)20-18-19-15(3)12-21(18)17-7-5-4-6-8-17/h4-8,12-14,16H,9-11H2,1-3H3,(H,19,20). The molecule has 1 aliphatic rings. The van der Waals surface area contributed by atoms with Crippen LogP contribution in [-0.2, 0) is 0 Å². The van der Waals surface area contributed by atoms with Crippen molar-refractivity contribution in [2.45, 2.75) is 46.1 Å². The Morgan fingerprint density at radius 3 is 2.38 bits per heavy atom. The van der Waals surface area contributed by atoms with Crippen LogP contribution in [-0.4, -0.2) is 15.6 Å². The summed E-state index contributed by atoms with van der Waals surface area (Å²) in [7, 11) is 0. The molecule has 1 aromatic carbocycles. The number of rotatable bonds is 3. The van der Waals surface area contributed by atoms with Gasteiger partial charge in [0.2, 0.25) is 5.95 Å². The summed E-state index contributed by atoms with van der Waals surface area (Å²) in [5.74, 6) is 2.57. The molecule has 0 amide bonds. The molecule has 1 heterocycles. The van der Waals surface area contributed by atoms with Gasteiger partial charge in [-0.2, -0.15) is 0 Å². The molecular formula is C18H25N3. The molecule has 0 aliphatic heterocycles. The van der Waals surface area contributed by atoms with Crippen LogP contribution in [0.25, 0.3) is 5.69 Å². The normalized spacial score (nSPS) is 25.8. The van der Waals surface area contributed by atoms with Crippen LogP contribution in [0, 0.1) is 18.8 Å². The number of anilines is 1. The van der Waals surface area contributed by atoms with Gasteiger partial charge in [0.1, 0.15) is 0 Å². The first-order valence-electron chi connectivity index (χ1n) is 7.99. The van der Waals surface area contributed by atoms with Gasteiger partial charge in [0.25, 0.3) is 0 Å². The fourth-order valence-corrected chi connectivity index (χ4v) is 3.63. The van der Waals surface area contributed by atoms with E-state index in [2.05, 4.69) is 66.1 Å². The van der Waals surface area contributed by atoms with Gasteiger partial charge in [0, 0.05) is 17.9 Å². The van der Waals surface area contributed by atoms with E-state index < -0.39 is 0 Å². The number of aromatic nitrogens is 2. The molecule has 1 fully saturated rings. The minimum atomic E-state index is 0.535. The Labute approximate surface area is 127 Å². The van der Waals surface area contributed by atoms with E-state index in [0.717, 1.165) is 29.2 Å². The molecule has 0 radical (unpaired) electrons. The summed E-state index contributed by atoms with van der Waals surface area (Å²) < 4.78 is 2.17. The van der Waals surface area contributed by atoms with Crippen LogP contribution in [0.5, 0.6) is 0 Å². The van der Waals surface area contributed by atoms with Crippen molar-refractivity contribution < 1.29 is 0 Å². The fourth-order valence-electron chi connectivity index (χ4n) is 3.63. The molecule has 3 rings (SSSR count). The molecule has 21 heavy (non-hydrogen) atoms. The van der Waals surface area contributed by atoms with E-state index in [1.165, 1.54) is 19.3 Å². The number of benzene rings is 1. The van der Waals surface area contributed by atoms with Crippen molar-refractivity contribution in [3.8, 4) is 5.69 Å². The van der Waals surface area contributed by atoms with E-state index in [0.29, 0.717) is 6.04 Å². The van der Waals surface area contributed by atoms with E-state index in [1.54, 1.807) is 0 Å². The Kier molecular flexibility index (Phi) is 4.00. The van der Waals surface area contributed by atoms with Crippen molar-refractivity contribution >= 4 is 5.95 Å². The van der Waals surface area contributed by atoms with Gasteiger partial charge < -0.3 is 5.32 Å². The van der Waals surface area contributed by atoms with Gasteiger partial charge >= 0.3 is 0 Å². The van der Waals surface area contributed by atoms with E-state index in [1.807, 2.05) is 6.07 Å². The first-order chi connectivity index (χ1) is 10.1. The molecule has 1 aromatic heterocycles. The van der Waals surface area contributed by atoms with Crippen molar-refractivity contribution in [3.63, 3.8) is 0 Å². The van der Waals surface area contributed by atoms with Crippen LogP contribution >= 0.6 is 0 Å². The minimum Gasteiger partial charge on any atom is -0.353 e. The Balaban J connectivity index is 1.83. The summed E-state index contributed by atoms with van der Waals surface area (Å²) in [6, 6.07) is 11.0. The zero-order valence-corrected chi connectivity index (χ0v) is 13.2. The quantitative estimate of drug-likeness (QED) is 0.903. The molecule has 2 atom stereocenters. The van der Waals surface area contributed by atoms with Crippen molar-refractivity contribution in [1.82, 2.24) is 9.55 Å². The van der Waals surface area contributed by atoms with Crippen LogP contribution < -0.4 is 5.32 Å². The lowest BCUT2D eigenvalue weighted by molar-refractivity contribution is 0.280. The Bertz CT molecular complexity index is 578. The number of nitrogens with one attached hydrogen (secondary N) is 1. The van der Waals surface area contributed by atoms with E-state index in [4.69, 9.17) is 0 Å². The zero-order chi connectivity index (χ0) is 14.8. The summed E-state index contributed by atoms with van der Waals surface area (Å²) in [5, 5.41) is 3.68. The predicted molar refractivity (Wildman–Crippen MR) is 87.9 cm³/mol. The largest absolute Gasteiger partial charge is 0.353 e. The maximum absolute atomic E-state index is 4.68. The van der Waals surface area contributed by atoms with Crippen LogP contribution in [0.3, 0.4) is 0 Å². The Morgan fingerprint density at radius 2 is 1.71 bits per heavy atom. The topological polar surface area (TPSA) is 29.9 Å². The lowest BCUT2D eigenvalue weighted by Crippen LogP contribution is -2.31. The molecular weight excluding hydrogens is 258 g/mol. The average molecular weight is 283 g/mol. The summed E-state index contributed by atoms with van der Waals surface area (Å²) in [4.78, 5) is 4.68. The third-order valence-corrected chi connectivity index (χ3v) is 4.37. The first kappa shape index (κ1) is 14.2. The number of hydrogen-bond donors (Lipinski definition) is 1. The summed E-state index contributed by atoms with van der Waals surface area (Å²) in [6.45, 7) is 6.77. The number of aryl methyl sites for hydroxylation is 1. The maximum atomic E-state index is 4.68. The van der Waals surface area contributed by atoms with Crippen molar-refractivity contribution in [3.05, 3.63) is 42.2 Å².